The van der Waals surface area contributed by atoms with Gasteiger partial charge in [0.25, 0.3) is 5.69 Å². The van der Waals surface area contributed by atoms with Gasteiger partial charge in [0.1, 0.15) is 5.75 Å². The monoisotopic (exact) mass is 337 g/mol. The van der Waals surface area contributed by atoms with Crippen LogP contribution < -0.4 is 4.74 Å². The van der Waals surface area contributed by atoms with Crippen molar-refractivity contribution in [2.24, 2.45) is 0 Å². The second kappa shape index (κ2) is 7.37. The van der Waals surface area contributed by atoms with Crippen molar-refractivity contribution >= 4 is 13.3 Å². The lowest BCUT2D eigenvalue weighted by molar-refractivity contribution is -0.384. The van der Waals surface area contributed by atoms with E-state index >= 15 is 0 Å². The van der Waals surface area contributed by atoms with Crippen molar-refractivity contribution in [2.45, 2.75) is 6.42 Å². The van der Waals surface area contributed by atoms with Gasteiger partial charge in [-0.2, -0.15) is 0 Å². The summed E-state index contributed by atoms with van der Waals surface area (Å²) < 4.78 is 16.1. The van der Waals surface area contributed by atoms with Crippen LogP contribution in [-0.4, -0.2) is 27.5 Å². The van der Waals surface area contributed by atoms with Gasteiger partial charge in [0.05, 0.1) is 17.7 Å². The van der Waals surface area contributed by atoms with Gasteiger partial charge >= 0.3 is 7.60 Å². The first-order valence-corrected chi connectivity index (χ1v) is 8.67. The maximum atomic E-state index is 10.7. The smallest absolute Gasteiger partial charge is 0.325 e. The highest BCUT2D eigenvalue weighted by molar-refractivity contribution is 7.51. The van der Waals surface area contributed by atoms with E-state index in [4.69, 9.17) is 14.5 Å². The van der Waals surface area contributed by atoms with Crippen molar-refractivity contribution in [1.82, 2.24) is 0 Å². The topological polar surface area (TPSA) is 110 Å². The Labute approximate surface area is 132 Å². The zero-order chi connectivity index (χ0) is 16.9. The van der Waals surface area contributed by atoms with Crippen molar-refractivity contribution in [3.63, 3.8) is 0 Å². The van der Waals surface area contributed by atoms with E-state index in [1.807, 2.05) is 12.1 Å². The number of rotatable bonds is 7. The summed E-state index contributed by atoms with van der Waals surface area (Å²) in [5, 5.41) is 10.6. The largest absolute Gasteiger partial charge is 0.494 e. The first-order valence-electron chi connectivity index (χ1n) is 6.87. The third-order valence-corrected chi connectivity index (χ3v) is 4.03. The minimum Gasteiger partial charge on any atom is -0.494 e. The van der Waals surface area contributed by atoms with Gasteiger partial charge in [-0.25, -0.2) is 0 Å². The van der Waals surface area contributed by atoms with Crippen molar-refractivity contribution in [2.75, 3.05) is 12.8 Å². The number of non-ortho nitro benzene ring substituents is 1. The quantitative estimate of drug-likeness (QED) is 0.347. The molecule has 0 bridgehead atoms. The highest BCUT2D eigenvalue weighted by Crippen LogP contribution is 2.34. The fourth-order valence-electron chi connectivity index (χ4n) is 1.98. The van der Waals surface area contributed by atoms with Gasteiger partial charge in [0.15, 0.2) is 0 Å². The summed E-state index contributed by atoms with van der Waals surface area (Å²) in [6.07, 6.45) is 0.0717. The minimum absolute atomic E-state index is 0.0405. The summed E-state index contributed by atoms with van der Waals surface area (Å²) in [4.78, 5) is 27.7. The Bertz CT molecular complexity index is 708. The molecule has 0 saturated carbocycles. The van der Waals surface area contributed by atoms with Crippen molar-refractivity contribution in [1.29, 1.82) is 0 Å². The zero-order valence-electron chi connectivity index (χ0n) is 12.2. The summed E-state index contributed by atoms with van der Waals surface area (Å²) in [6, 6.07) is 13.4. The Morgan fingerprint density at radius 2 is 1.52 bits per heavy atom. The van der Waals surface area contributed by atoms with Gasteiger partial charge in [0, 0.05) is 12.1 Å². The van der Waals surface area contributed by atoms with Crippen LogP contribution >= 0.6 is 7.60 Å². The number of ether oxygens (including phenoxy) is 1. The molecular weight excluding hydrogens is 321 g/mol. The van der Waals surface area contributed by atoms with Crippen LogP contribution in [0.15, 0.2) is 48.5 Å². The molecule has 0 fully saturated rings. The summed E-state index contributed by atoms with van der Waals surface area (Å²) in [6.45, 7) is 0.224. The van der Waals surface area contributed by atoms with E-state index in [0.717, 1.165) is 11.1 Å². The Kier molecular flexibility index (Phi) is 5.50. The number of hydrogen-bond acceptors (Lipinski definition) is 4. The average molecular weight is 337 g/mol. The number of nitro groups is 1. The molecule has 0 spiro atoms. The van der Waals surface area contributed by atoms with Crippen molar-refractivity contribution in [3.05, 3.63) is 58.6 Å². The molecule has 23 heavy (non-hydrogen) atoms. The van der Waals surface area contributed by atoms with Gasteiger partial charge in [-0.15, -0.1) is 0 Å². The molecule has 2 N–H and O–H groups in total. The molecular formula is C15H16NO6P. The molecule has 0 aliphatic carbocycles. The van der Waals surface area contributed by atoms with Crippen LogP contribution in [0.5, 0.6) is 5.75 Å². The van der Waals surface area contributed by atoms with E-state index in [1.165, 1.54) is 12.1 Å². The van der Waals surface area contributed by atoms with Gasteiger partial charge in [-0.3, -0.25) is 14.7 Å². The van der Waals surface area contributed by atoms with E-state index in [-0.39, 0.29) is 24.9 Å². The first-order chi connectivity index (χ1) is 10.8. The molecule has 0 unspecified atom stereocenters. The van der Waals surface area contributed by atoms with E-state index in [1.54, 1.807) is 24.3 Å². The van der Waals surface area contributed by atoms with Crippen LogP contribution in [0.25, 0.3) is 11.1 Å². The van der Waals surface area contributed by atoms with Crippen LogP contribution in [0, 0.1) is 10.1 Å². The van der Waals surface area contributed by atoms with E-state index in [9.17, 15) is 14.7 Å². The molecule has 8 heteroatoms. The van der Waals surface area contributed by atoms with E-state index in [0.29, 0.717) is 5.75 Å². The average Bonchev–Trinajstić information content (AvgIpc) is 2.51. The van der Waals surface area contributed by atoms with Crippen LogP contribution in [0.3, 0.4) is 0 Å². The van der Waals surface area contributed by atoms with Gasteiger partial charge in [-0.05, 0) is 41.8 Å². The molecule has 2 aromatic carbocycles. The maximum Gasteiger partial charge on any atom is 0.325 e. The minimum atomic E-state index is -3.97. The number of hydrogen-bond donors (Lipinski definition) is 2. The second-order valence-electron chi connectivity index (χ2n) is 4.92. The van der Waals surface area contributed by atoms with Crippen molar-refractivity contribution < 1.29 is 24.0 Å². The lowest BCUT2D eigenvalue weighted by Crippen LogP contribution is -2.00. The number of nitro benzene ring substituents is 1. The third-order valence-electron chi connectivity index (χ3n) is 3.13. The lowest BCUT2D eigenvalue weighted by Gasteiger charge is -2.08. The standard InChI is InChI=1S/C15H16NO6P/c17-16(18)14-6-2-12(3-7-14)13-4-8-15(9-5-13)22-10-1-11-23(19,20)21/h2-9H,1,10-11H2,(H2,19,20,21). The normalized spacial score (nSPS) is 11.2. The zero-order valence-corrected chi connectivity index (χ0v) is 13.1. The summed E-state index contributed by atoms with van der Waals surface area (Å²) in [5.41, 5.74) is 1.78. The van der Waals surface area contributed by atoms with Gasteiger partial charge in [0.2, 0.25) is 0 Å². The molecule has 2 rings (SSSR count). The predicted molar refractivity (Wildman–Crippen MR) is 85.6 cm³/mol. The predicted octanol–water partition coefficient (Wildman–Crippen LogP) is 3.21. The summed E-state index contributed by atoms with van der Waals surface area (Å²) >= 11 is 0. The highest BCUT2D eigenvalue weighted by Gasteiger charge is 2.11. The van der Waals surface area contributed by atoms with E-state index < -0.39 is 12.5 Å². The highest BCUT2D eigenvalue weighted by atomic mass is 31.2. The fourth-order valence-corrected chi connectivity index (χ4v) is 2.52. The fraction of sp³-hybridized carbons (Fsp3) is 0.200. The van der Waals surface area contributed by atoms with Crippen LogP contribution in [-0.2, 0) is 4.57 Å². The molecule has 0 amide bonds. The molecule has 0 atom stereocenters. The molecule has 0 aromatic heterocycles. The number of nitrogens with zero attached hydrogens (tertiary/aromatic N) is 1. The summed E-state index contributed by atoms with van der Waals surface area (Å²) in [7, 11) is -3.97. The maximum absolute atomic E-state index is 10.7. The molecule has 2 aromatic rings. The lowest BCUT2D eigenvalue weighted by atomic mass is 10.1. The summed E-state index contributed by atoms with van der Waals surface area (Å²) in [5.74, 6) is 0.598. The van der Waals surface area contributed by atoms with Crippen molar-refractivity contribution in [3.8, 4) is 16.9 Å². The Balaban J connectivity index is 1.94. The first kappa shape index (κ1) is 17.1. The van der Waals surface area contributed by atoms with Gasteiger partial charge in [-0.1, -0.05) is 12.1 Å². The molecule has 0 aliphatic rings. The number of benzene rings is 2. The molecule has 0 aliphatic heterocycles. The molecule has 122 valence electrons. The third kappa shape index (κ3) is 5.49. The van der Waals surface area contributed by atoms with Crippen LogP contribution in [0.1, 0.15) is 6.42 Å². The Morgan fingerprint density at radius 3 is 2.00 bits per heavy atom. The van der Waals surface area contributed by atoms with Crippen LogP contribution in [0.4, 0.5) is 5.69 Å². The van der Waals surface area contributed by atoms with Crippen LogP contribution in [0.2, 0.25) is 0 Å². The van der Waals surface area contributed by atoms with E-state index in [2.05, 4.69) is 0 Å². The SMILES string of the molecule is O=[N+]([O-])c1ccc(-c2ccc(OCCCP(=O)(O)O)cc2)cc1. The molecule has 0 radical (unpaired) electrons. The van der Waals surface area contributed by atoms with Gasteiger partial charge < -0.3 is 14.5 Å². The molecule has 0 heterocycles. The molecule has 0 saturated heterocycles. The Hall–Kier alpha value is -2.21. The second-order valence-corrected chi connectivity index (χ2v) is 6.70. The Morgan fingerprint density at radius 1 is 1.00 bits per heavy atom. The molecule has 7 nitrogen and oxygen atoms in total.